The Balaban J connectivity index is 1.96. The van der Waals surface area contributed by atoms with Gasteiger partial charge in [-0.1, -0.05) is 30.0 Å². The zero-order valence-corrected chi connectivity index (χ0v) is 14.2. The number of halogens is 1. The van der Waals surface area contributed by atoms with E-state index in [1.807, 2.05) is 0 Å². The summed E-state index contributed by atoms with van der Waals surface area (Å²) in [5, 5.41) is 10.3. The summed E-state index contributed by atoms with van der Waals surface area (Å²) in [6.45, 7) is 7.34. The van der Waals surface area contributed by atoms with Gasteiger partial charge in [-0.25, -0.2) is 4.39 Å². The van der Waals surface area contributed by atoms with E-state index in [0.717, 1.165) is 11.8 Å². The molecule has 2 aromatic rings. The van der Waals surface area contributed by atoms with E-state index in [9.17, 15) is 9.18 Å². The number of carbonyl (C=O) groups excluding carboxylic acids is 1. The standard InChI is InChI=1S/C16H18FN3O3S/c1-4-9-18-14(21)11(3)24-16-20-19-15(23-16)10(2)22-13-8-6-5-7-12(13)17/h4-8,10-11H,1,9H2,2-3H3,(H,18,21)/t10-,11-/m0/s1. The molecule has 2 rings (SSSR count). The third-order valence-corrected chi connectivity index (χ3v) is 3.91. The highest BCUT2D eigenvalue weighted by atomic mass is 32.2. The SMILES string of the molecule is C=CCNC(=O)[C@H](C)Sc1nnc([C@H](C)Oc2ccccc2F)o1. The zero-order chi connectivity index (χ0) is 17.5. The minimum Gasteiger partial charge on any atom is -0.478 e. The molecule has 8 heteroatoms. The quantitative estimate of drug-likeness (QED) is 0.582. The maximum atomic E-state index is 13.6. The number of amides is 1. The Bertz CT molecular complexity index is 707. The number of aromatic nitrogens is 2. The van der Waals surface area contributed by atoms with E-state index in [4.69, 9.17) is 9.15 Å². The molecular weight excluding hydrogens is 333 g/mol. The maximum Gasteiger partial charge on any atom is 0.277 e. The van der Waals surface area contributed by atoms with Crippen LogP contribution in [-0.2, 0) is 4.79 Å². The summed E-state index contributed by atoms with van der Waals surface area (Å²) in [6, 6.07) is 6.07. The molecule has 0 spiro atoms. The Hall–Kier alpha value is -2.35. The second kappa shape index (κ2) is 8.49. The molecule has 2 atom stereocenters. The van der Waals surface area contributed by atoms with Gasteiger partial charge in [0, 0.05) is 6.54 Å². The fraction of sp³-hybridized carbons (Fsp3) is 0.312. The second-order valence-electron chi connectivity index (χ2n) is 4.89. The lowest BCUT2D eigenvalue weighted by atomic mass is 10.3. The molecule has 0 aliphatic carbocycles. The smallest absolute Gasteiger partial charge is 0.277 e. The van der Waals surface area contributed by atoms with Gasteiger partial charge < -0.3 is 14.5 Å². The molecule has 1 N–H and O–H groups in total. The number of hydrogen-bond donors (Lipinski definition) is 1. The average molecular weight is 351 g/mol. The topological polar surface area (TPSA) is 77.2 Å². The number of para-hydroxylation sites is 1. The summed E-state index contributed by atoms with van der Waals surface area (Å²) in [5.41, 5.74) is 0. The first-order chi connectivity index (χ1) is 11.5. The van der Waals surface area contributed by atoms with Gasteiger partial charge in [-0.3, -0.25) is 4.79 Å². The van der Waals surface area contributed by atoms with Gasteiger partial charge in [0.05, 0.1) is 5.25 Å². The number of carbonyl (C=O) groups is 1. The van der Waals surface area contributed by atoms with E-state index in [-0.39, 0.29) is 22.8 Å². The van der Waals surface area contributed by atoms with Crippen LogP contribution in [0.3, 0.4) is 0 Å². The normalized spacial score (nSPS) is 13.1. The van der Waals surface area contributed by atoms with Crippen molar-refractivity contribution in [2.45, 2.75) is 30.4 Å². The number of nitrogens with zero attached hydrogens (tertiary/aromatic N) is 2. The monoisotopic (exact) mass is 351 g/mol. The fourth-order valence-corrected chi connectivity index (χ4v) is 2.45. The van der Waals surface area contributed by atoms with Crippen LogP contribution >= 0.6 is 11.8 Å². The zero-order valence-electron chi connectivity index (χ0n) is 13.4. The summed E-state index contributed by atoms with van der Waals surface area (Å²) >= 11 is 1.13. The number of rotatable bonds is 8. The highest BCUT2D eigenvalue weighted by molar-refractivity contribution is 8.00. The van der Waals surface area contributed by atoms with Crippen molar-refractivity contribution in [3.8, 4) is 5.75 Å². The van der Waals surface area contributed by atoms with Gasteiger partial charge in [0.1, 0.15) is 0 Å². The lowest BCUT2D eigenvalue weighted by Gasteiger charge is -2.11. The third-order valence-electron chi connectivity index (χ3n) is 2.98. The van der Waals surface area contributed by atoms with Crippen LogP contribution < -0.4 is 10.1 Å². The Labute approximate surface area is 143 Å². The lowest BCUT2D eigenvalue weighted by molar-refractivity contribution is -0.120. The molecule has 6 nitrogen and oxygen atoms in total. The van der Waals surface area contributed by atoms with Crippen molar-refractivity contribution in [3.63, 3.8) is 0 Å². The predicted octanol–water partition coefficient (Wildman–Crippen LogP) is 3.13. The van der Waals surface area contributed by atoms with E-state index in [1.165, 1.54) is 12.1 Å². The minimum atomic E-state index is -0.617. The van der Waals surface area contributed by atoms with Crippen LogP contribution in [0.15, 0.2) is 46.6 Å². The number of benzene rings is 1. The molecule has 0 bridgehead atoms. The number of thioether (sulfide) groups is 1. The van der Waals surface area contributed by atoms with E-state index in [0.29, 0.717) is 6.54 Å². The molecule has 0 unspecified atom stereocenters. The minimum absolute atomic E-state index is 0.106. The van der Waals surface area contributed by atoms with Gasteiger partial charge in [0.25, 0.3) is 11.1 Å². The number of hydrogen-bond acceptors (Lipinski definition) is 6. The van der Waals surface area contributed by atoms with Crippen LogP contribution in [0.2, 0.25) is 0 Å². The van der Waals surface area contributed by atoms with Gasteiger partial charge in [-0.2, -0.15) is 0 Å². The van der Waals surface area contributed by atoms with Gasteiger partial charge >= 0.3 is 0 Å². The average Bonchev–Trinajstić information content (AvgIpc) is 3.03. The van der Waals surface area contributed by atoms with Crippen molar-refractivity contribution in [1.29, 1.82) is 0 Å². The molecule has 1 amide bonds. The summed E-state index contributed by atoms with van der Waals surface area (Å²) in [7, 11) is 0. The molecule has 1 aromatic heterocycles. The van der Waals surface area contributed by atoms with Crippen LogP contribution in [0.4, 0.5) is 4.39 Å². The summed E-state index contributed by atoms with van der Waals surface area (Å²) in [4.78, 5) is 11.8. The fourth-order valence-electron chi connectivity index (χ4n) is 1.73. The van der Waals surface area contributed by atoms with Crippen molar-refractivity contribution in [1.82, 2.24) is 15.5 Å². The first-order valence-electron chi connectivity index (χ1n) is 7.31. The molecule has 0 saturated heterocycles. The van der Waals surface area contributed by atoms with Crippen LogP contribution in [0.5, 0.6) is 5.75 Å². The lowest BCUT2D eigenvalue weighted by Crippen LogP contribution is -2.30. The number of nitrogens with one attached hydrogen (secondary N) is 1. The second-order valence-corrected chi connectivity index (χ2v) is 6.18. The Morgan fingerprint density at radius 1 is 1.46 bits per heavy atom. The van der Waals surface area contributed by atoms with Crippen LogP contribution in [0.1, 0.15) is 25.8 Å². The Kier molecular flexibility index (Phi) is 6.36. The molecule has 24 heavy (non-hydrogen) atoms. The van der Waals surface area contributed by atoms with Gasteiger partial charge in [0.15, 0.2) is 17.7 Å². The molecule has 0 radical (unpaired) electrons. The summed E-state index contributed by atoms with van der Waals surface area (Å²) < 4.78 is 24.5. The van der Waals surface area contributed by atoms with Crippen molar-refractivity contribution >= 4 is 17.7 Å². The van der Waals surface area contributed by atoms with Crippen molar-refractivity contribution < 1.29 is 18.3 Å². The molecule has 0 aliphatic heterocycles. The molecule has 0 saturated carbocycles. The highest BCUT2D eigenvalue weighted by Gasteiger charge is 2.21. The van der Waals surface area contributed by atoms with E-state index >= 15 is 0 Å². The highest BCUT2D eigenvalue weighted by Crippen LogP contribution is 2.27. The van der Waals surface area contributed by atoms with Crippen molar-refractivity contribution in [2.75, 3.05) is 6.54 Å². The third kappa shape index (κ3) is 4.82. The molecule has 1 heterocycles. The first kappa shape index (κ1) is 18.0. The molecule has 128 valence electrons. The molecular formula is C16H18FN3O3S. The van der Waals surface area contributed by atoms with Crippen LogP contribution in [-0.4, -0.2) is 27.9 Å². The summed E-state index contributed by atoms with van der Waals surface area (Å²) in [6.07, 6.45) is 0.982. The van der Waals surface area contributed by atoms with Crippen LogP contribution in [0, 0.1) is 5.82 Å². The van der Waals surface area contributed by atoms with Crippen molar-refractivity contribution in [3.05, 3.63) is 48.6 Å². The van der Waals surface area contributed by atoms with E-state index in [1.54, 1.807) is 32.1 Å². The van der Waals surface area contributed by atoms with Gasteiger partial charge in [-0.15, -0.1) is 16.8 Å². The maximum absolute atomic E-state index is 13.6. The van der Waals surface area contributed by atoms with Gasteiger partial charge in [0.2, 0.25) is 5.91 Å². The first-order valence-corrected chi connectivity index (χ1v) is 8.19. The van der Waals surface area contributed by atoms with E-state index < -0.39 is 17.2 Å². The van der Waals surface area contributed by atoms with E-state index in [2.05, 4.69) is 22.1 Å². The predicted molar refractivity (Wildman–Crippen MR) is 88.3 cm³/mol. The van der Waals surface area contributed by atoms with Crippen molar-refractivity contribution in [2.24, 2.45) is 0 Å². The molecule has 0 aliphatic rings. The molecule has 1 aromatic carbocycles. The number of ether oxygens (including phenoxy) is 1. The van der Waals surface area contributed by atoms with Gasteiger partial charge in [-0.05, 0) is 26.0 Å². The Morgan fingerprint density at radius 2 is 2.21 bits per heavy atom. The van der Waals surface area contributed by atoms with Crippen LogP contribution in [0.25, 0.3) is 0 Å². The molecule has 0 fully saturated rings. The Morgan fingerprint density at radius 3 is 2.92 bits per heavy atom. The summed E-state index contributed by atoms with van der Waals surface area (Å²) in [5.74, 6) is -0.310. The largest absolute Gasteiger partial charge is 0.478 e.